The fourth-order valence-electron chi connectivity index (χ4n) is 3.39. The summed E-state index contributed by atoms with van der Waals surface area (Å²) in [5.41, 5.74) is 3.24. The van der Waals surface area contributed by atoms with Gasteiger partial charge < -0.3 is 20.1 Å². The van der Waals surface area contributed by atoms with Crippen LogP contribution in [0, 0.1) is 6.92 Å². The lowest BCUT2D eigenvalue weighted by molar-refractivity contribution is 0.0455. The first-order chi connectivity index (χ1) is 15.8. The van der Waals surface area contributed by atoms with Crippen molar-refractivity contribution < 1.29 is 23.9 Å². The highest BCUT2D eigenvalue weighted by Gasteiger charge is 2.20. The summed E-state index contributed by atoms with van der Waals surface area (Å²) >= 11 is 0. The first-order valence-corrected chi connectivity index (χ1v) is 10.6. The van der Waals surface area contributed by atoms with Gasteiger partial charge in [0.25, 0.3) is 0 Å². The van der Waals surface area contributed by atoms with Gasteiger partial charge in [-0.25, -0.2) is 19.4 Å². The molecule has 3 rings (SSSR count). The highest BCUT2D eigenvalue weighted by molar-refractivity contribution is 5.98. The van der Waals surface area contributed by atoms with Crippen molar-refractivity contribution in [3.05, 3.63) is 76.5 Å². The van der Waals surface area contributed by atoms with E-state index in [1.807, 2.05) is 45.0 Å². The molecule has 8 nitrogen and oxygen atoms in total. The molecular weight excluding hydrogens is 422 g/mol. The lowest BCUT2D eigenvalue weighted by Gasteiger charge is -2.13. The van der Waals surface area contributed by atoms with Gasteiger partial charge in [-0.1, -0.05) is 30.3 Å². The van der Waals surface area contributed by atoms with Crippen LogP contribution in [0.4, 0.5) is 4.79 Å². The molecule has 1 aromatic heterocycles. The number of hydrogen-bond acceptors (Lipinski definition) is 6. The average Bonchev–Trinajstić information content (AvgIpc) is 2.80. The summed E-state index contributed by atoms with van der Waals surface area (Å²) in [6, 6.07) is 14.0. The van der Waals surface area contributed by atoms with Crippen LogP contribution in [0.15, 0.2) is 48.5 Å². The van der Waals surface area contributed by atoms with Gasteiger partial charge in [-0.2, -0.15) is 0 Å². The molecule has 0 saturated heterocycles. The van der Waals surface area contributed by atoms with E-state index in [0.29, 0.717) is 28.9 Å². The summed E-state index contributed by atoms with van der Waals surface area (Å²) in [6.45, 7) is 5.73. The van der Waals surface area contributed by atoms with E-state index in [-0.39, 0.29) is 18.7 Å². The Morgan fingerprint density at radius 2 is 1.70 bits per heavy atom. The molecule has 0 atom stereocenters. The van der Waals surface area contributed by atoms with Crippen LogP contribution in [0.2, 0.25) is 0 Å². The summed E-state index contributed by atoms with van der Waals surface area (Å²) in [6.07, 6.45) is 0. The number of aryl methyl sites for hydroxylation is 1. The zero-order valence-electron chi connectivity index (χ0n) is 19.1. The van der Waals surface area contributed by atoms with Crippen molar-refractivity contribution in [1.29, 1.82) is 0 Å². The smallest absolute Gasteiger partial charge is 0.340 e. The number of pyridine rings is 1. The first kappa shape index (κ1) is 23.7. The second kappa shape index (κ2) is 10.6. The fourth-order valence-corrected chi connectivity index (χ4v) is 3.39. The van der Waals surface area contributed by atoms with Crippen molar-refractivity contribution in [3.63, 3.8) is 0 Å². The summed E-state index contributed by atoms with van der Waals surface area (Å²) < 4.78 is 10.4. The molecule has 0 spiro atoms. The minimum absolute atomic E-state index is 0.0442. The minimum Gasteiger partial charge on any atom is -0.465 e. The molecule has 0 aliphatic rings. The van der Waals surface area contributed by atoms with E-state index in [4.69, 9.17) is 9.47 Å². The summed E-state index contributed by atoms with van der Waals surface area (Å²) in [4.78, 5) is 41.2. The molecule has 33 heavy (non-hydrogen) atoms. The number of ether oxygens (including phenoxy) is 2. The maximum absolute atomic E-state index is 12.6. The molecule has 0 unspecified atom stereocenters. The van der Waals surface area contributed by atoms with E-state index in [0.717, 1.165) is 16.5 Å². The maximum atomic E-state index is 12.6. The number of amides is 2. The van der Waals surface area contributed by atoms with Gasteiger partial charge in [0.15, 0.2) is 0 Å². The molecule has 172 valence electrons. The quantitative estimate of drug-likeness (QED) is 0.530. The summed E-state index contributed by atoms with van der Waals surface area (Å²) in [7, 11) is 1.30. The molecule has 0 fully saturated rings. The summed E-state index contributed by atoms with van der Waals surface area (Å²) in [5.74, 6) is -1.08. The Balaban J connectivity index is 1.70. The predicted octanol–water partition coefficient (Wildman–Crippen LogP) is 3.89. The van der Waals surface area contributed by atoms with E-state index < -0.39 is 11.9 Å². The Bertz CT molecular complexity index is 1170. The zero-order chi connectivity index (χ0) is 24.0. The van der Waals surface area contributed by atoms with Crippen LogP contribution >= 0.6 is 0 Å². The predicted molar refractivity (Wildman–Crippen MR) is 124 cm³/mol. The van der Waals surface area contributed by atoms with Gasteiger partial charge in [0.1, 0.15) is 6.61 Å². The first-order valence-electron chi connectivity index (χ1n) is 10.6. The number of hydrogen-bond donors (Lipinski definition) is 2. The molecule has 0 bridgehead atoms. The second-order valence-corrected chi connectivity index (χ2v) is 7.82. The molecule has 0 aliphatic heterocycles. The third kappa shape index (κ3) is 5.85. The van der Waals surface area contributed by atoms with Gasteiger partial charge in [0.2, 0.25) is 0 Å². The normalized spacial score (nSPS) is 10.7. The Hall–Kier alpha value is -3.94. The van der Waals surface area contributed by atoms with E-state index in [2.05, 4.69) is 15.6 Å². The molecule has 1 heterocycles. The third-order valence-corrected chi connectivity index (χ3v) is 5.02. The van der Waals surface area contributed by atoms with Crippen LogP contribution in [0.25, 0.3) is 10.9 Å². The minimum atomic E-state index is -0.546. The van der Waals surface area contributed by atoms with E-state index in [1.165, 1.54) is 7.11 Å². The van der Waals surface area contributed by atoms with Crippen molar-refractivity contribution in [3.8, 4) is 0 Å². The number of para-hydroxylation sites is 1. The number of aromatic nitrogens is 1. The van der Waals surface area contributed by atoms with E-state index in [9.17, 15) is 14.4 Å². The largest absolute Gasteiger partial charge is 0.465 e. The highest BCUT2D eigenvalue weighted by atomic mass is 16.5. The van der Waals surface area contributed by atoms with Crippen molar-refractivity contribution in [2.75, 3.05) is 7.11 Å². The molecule has 3 aromatic rings. The van der Waals surface area contributed by atoms with Gasteiger partial charge >= 0.3 is 18.0 Å². The van der Waals surface area contributed by atoms with Crippen molar-refractivity contribution >= 4 is 28.9 Å². The van der Waals surface area contributed by atoms with Gasteiger partial charge in [-0.3, -0.25) is 0 Å². The molecule has 0 radical (unpaired) electrons. The molecule has 0 saturated carbocycles. The molecule has 8 heteroatoms. The van der Waals surface area contributed by atoms with E-state index in [1.54, 1.807) is 24.3 Å². The lowest BCUT2D eigenvalue weighted by Crippen LogP contribution is -2.39. The van der Waals surface area contributed by atoms with Gasteiger partial charge in [0.05, 0.1) is 29.4 Å². The van der Waals surface area contributed by atoms with Gasteiger partial charge in [-0.15, -0.1) is 0 Å². The molecule has 0 aliphatic carbocycles. The molecule has 2 amide bonds. The van der Waals surface area contributed by atoms with Gasteiger partial charge in [0, 0.05) is 18.0 Å². The van der Waals surface area contributed by atoms with Gasteiger partial charge in [-0.05, 0) is 50.1 Å². The van der Waals surface area contributed by atoms with E-state index >= 15 is 0 Å². The Morgan fingerprint density at radius 1 is 1.00 bits per heavy atom. The van der Waals surface area contributed by atoms with Crippen LogP contribution in [0.5, 0.6) is 0 Å². The summed E-state index contributed by atoms with van der Waals surface area (Å²) in [5, 5.41) is 6.33. The number of carbonyl (C=O) groups excluding carboxylic acids is 3. The van der Waals surface area contributed by atoms with Crippen LogP contribution in [0.1, 0.15) is 51.4 Å². The zero-order valence-corrected chi connectivity index (χ0v) is 19.1. The topological polar surface area (TPSA) is 107 Å². The van der Waals surface area contributed by atoms with Crippen LogP contribution in [0.3, 0.4) is 0 Å². The Kier molecular flexibility index (Phi) is 7.61. The number of benzene rings is 2. The Morgan fingerprint density at radius 3 is 2.36 bits per heavy atom. The number of urea groups is 1. The molecular formula is C25H27N3O5. The van der Waals surface area contributed by atoms with Crippen LogP contribution in [-0.4, -0.2) is 36.1 Å². The SMILES string of the molecule is COC(=O)c1c(COC(=O)c2ccc(CNC(=O)NC(C)C)cc2)nc2ccccc2c1C. The second-order valence-electron chi connectivity index (χ2n) is 7.82. The third-order valence-electron chi connectivity index (χ3n) is 5.02. The van der Waals surface area contributed by atoms with Crippen LogP contribution in [-0.2, 0) is 22.6 Å². The van der Waals surface area contributed by atoms with Crippen molar-refractivity contribution in [2.45, 2.75) is 40.0 Å². The number of nitrogens with one attached hydrogen (secondary N) is 2. The Labute approximate surface area is 192 Å². The monoisotopic (exact) mass is 449 g/mol. The number of nitrogens with zero attached hydrogens (tertiary/aromatic N) is 1. The number of rotatable bonds is 7. The van der Waals surface area contributed by atoms with Crippen LogP contribution < -0.4 is 10.6 Å². The number of methoxy groups -OCH3 is 1. The van der Waals surface area contributed by atoms with Crippen molar-refractivity contribution in [1.82, 2.24) is 15.6 Å². The highest BCUT2D eigenvalue weighted by Crippen LogP contribution is 2.24. The average molecular weight is 450 g/mol. The maximum Gasteiger partial charge on any atom is 0.340 e. The van der Waals surface area contributed by atoms with Crippen molar-refractivity contribution in [2.24, 2.45) is 0 Å². The molecule has 2 aromatic carbocycles. The number of esters is 2. The number of fused-ring (bicyclic) bond motifs is 1. The molecule has 2 N–H and O–H groups in total. The number of carbonyl (C=O) groups is 3. The standard InChI is InChI=1S/C25H27N3O5/c1-15(2)27-25(31)26-13-17-9-11-18(12-10-17)23(29)33-14-21-22(24(30)32-4)16(3)19-7-5-6-8-20(19)28-21/h5-12,15H,13-14H2,1-4H3,(H2,26,27,31). The lowest BCUT2D eigenvalue weighted by atomic mass is 10.0. The fraction of sp³-hybridized carbons (Fsp3) is 0.280.